The Bertz CT molecular complexity index is 483. The van der Waals surface area contributed by atoms with Gasteiger partial charge in [-0.15, -0.1) is 10.2 Å². The minimum atomic E-state index is -0.144. The zero-order valence-corrected chi connectivity index (χ0v) is 11.0. The zero-order valence-electron chi connectivity index (χ0n) is 11.0. The minimum Gasteiger partial charge on any atom is -0.469 e. The average molecular weight is 249 g/mol. The van der Waals surface area contributed by atoms with Gasteiger partial charge in [-0.3, -0.25) is 0 Å². The van der Waals surface area contributed by atoms with Crippen LogP contribution in [0.4, 0.5) is 0 Å². The van der Waals surface area contributed by atoms with Crippen LogP contribution in [-0.2, 0) is 11.8 Å². The lowest BCUT2D eigenvalue weighted by molar-refractivity contribution is 0.350. The highest BCUT2D eigenvalue weighted by atomic mass is 16.4. The molecular weight excluding hydrogens is 230 g/mol. The zero-order chi connectivity index (χ0) is 13.2. The third kappa shape index (κ3) is 2.79. The van der Waals surface area contributed by atoms with Gasteiger partial charge in [-0.05, 0) is 12.1 Å². The van der Waals surface area contributed by atoms with Gasteiger partial charge in [0, 0.05) is 18.4 Å². The van der Waals surface area contributed by atoms with Crippen LogP contribution in [0.3, 0.4) is 0 Å². The second kappa shape index (κ2) is 4.94. The van der Waals surface area contributed by atoms with E-state index in [2.05, 4.69) is 10.2 Å². The fourth-order valence-corrected chi connectivity index (χ4v) is 1.65. The lowest BCUT2D eigenvalue weighted by Gasteiger charge is -2.12. The molecule has 1 atom stereocenters. The topological polar surface area (TPSA) is 78.1 Å². The summed E-state index contributed by atoms with van der Waals surface area (Å²) in [6, 6.07) is 3.78. The van der Waals surface area contributed by atoms with Crippen LogP contribution in [0.15, 0.2) is 27.2 Å². The van der Waals surface area contributed by atoms with Crippen LogP contribution in [0.2, 0.25) is 0 Å². The molecule has 5 heteroatoms. The molecule has 0 aromatic carbocycles. The summed E-state index contributed by atoms with van der Waals surface area (Å²) >= 11 is 0. The quantitative estimate of drug-likeness (QED) is 0.899. The molecular formula is C13H19N3O2. The highest BCUT2D eigenvalue weighted by Gasteiger charge is 2.25. The van der Waals surface area contributed by atoms with E-state index in [-0.39, 0.29) is 11.3 Å². The molecule has 2 aromatic heterocycles. The normalized spacial score (nSPS) is 13.8. The highest BCUT2D eigenvalue weighted by Crippen LogP contribution is 2.25. The van der Waals surface area contributed by atoms with Crippen LogP contribution >= 0.6 is 0 Å². The van der Waals surface area contributed by atoms with Crippen molar-refractivity contribution in [3.8, 4) is 0 Å². The van der Waals surface area contributed by atoms with Gasteiger partial charge in [0.05, 0.1) is 12.2 Å². The monoisotopic (exact) mass is 249 g/mol. The maximum absolute atomic E-state index is 5.77. The van der Waals surface area contributed by atoms with Crippen molar-refractivity contribution in [3.05, 3.63) is 35.9 Å². The summed E-state index contributed by atoms with van der Waals surface area (Å²) in [5.41, 5.74) is 5.63. The number of rotatable bonds is 4. The molecule has 0 radical (unpaired) electrons. The van der Waals surface area contributed by atoms with Gasteiger partial charge in [-0.2, -0.15) is 0 Å². The van der Waals surface area contributed by atoms with Gasteiger partial charge in [0.1, 0.15) is 5.76 Å². The van der Waals surface area contributed by atoms with Crippen molar-refractivity contribution in [1.29, 1.82) is 0 Å². The Morgan fingerprint density at radius 1 is 1.33 bits per heavy atom. The van der Waals surface area contributed by atoms with Crippen LogP contribution < -0.4 is 5.73 Å². The summed E-state index contributed by atoms with van der Waals surface area (Å²) in [4.78, 5) is 0. The molecule has 5 nitrogen and oxygen atoms in total. The van der Waals surface area contributed by atoms with E-state index in [1.54, 1.807) is 6.26 Å². The SMILES string of the molecule is CC(C)(C)c1nnc(C(CN)Cc2ccco2)o1. The molecule has 2 N–H and O–H groups in total. The highest BCUT2D eigenvalue weighted by molar-refractivity contribution is 5.06. The van der Waals surface area contributed by atoms with Crippen LogP contribution in [0.25, 0.3) is 0 Å². The van der Waals surface area contributed by atoms with E-state index in [1.807, 2.05) is 32.9 Å². The second-order valence-electron chi connectivity index (χ2n) is 5.41. The molecule has 0 bridgehead atoms. The number of hydrogen-bond donors (Lipinski definition) is 1. The maximum atomic E-state index is 5.77. The molecule has 0 saturated heterocycles. The first-order valence-corrected chi connectivity index (χ1v) is 6.07. The van der Waals surface area contributed by atoms with Crippen molar-refractivity contribution in [2.45, 2.75) is 38.5 Å². The predicted octanol–water partition coefficient (Wildman–Crippen LogP) is 2.25. The smallest absolute Gasteiger partial charge is 0.221 e. The summed E-state index contributed by atoms with van der Waals surface area (Å²) in [6.45, 7) is 6.56. The number of nitrogens with two attached hydrogens (primary N) is 1. The summed E-state index contributed by atoms with van der Waals surface area (Å²) in [7, 11) is 0. The molecule has 2 heterocycles. The molecule has 98 valence electrons. The van der Waals surface area contributed by atoms with Crippen LogP contribution in [-0.4, -0.2) is 16.7 Å². The Labute approximate surface area is 106 Å². The van der Waals surface area contributed by atoms with Crippen molar-refractivity contribution in [3.63, 3.8) is 0 Å². The Morgan fingerprint density at radius 3 is 2.61 bits per heavy atom. The number of nitrogens with zero attached hydrogens (tertiary/aromatic N) is 2. The third-order valence-corrected chi connectivity index (χ3v) is 2.74. The molecule has 0 amide bonds. The molecule has 0 saturated carbocycles. The van der Waals surface area contributed by atoms with E-state index >= 15 is 0 Å². The van der Waals surface area contributed by atoms with Crippen molar-refractivity contribution in [1.82, 2.24) is 10.2 Å². The fourth-order valence-electron chi connectivity index (χ4n) is 1.65. The Kier molecular flexibility index (Phi) is 3.52. The molecule has 0 spiro atoms. The van der Waals surface area contributed by atoms with Gasteiger partial charge in [-0.1, -0.05) is 20.8 Å². The Hall–Kier alpha value is -1.62. The van der Waals surface area contributed by atoms with Crippen LogP contribution in [0.1, 0.15) is 44.2 Å². The average Bonchev–Trinajstić information content (AvgIpc) is 2.95. The van der Waals surface area contributed by atoms with E-state index in [1.165, 1.54) is 0 Å². The fraction of sp³-hybridized carbons (Fsp3) is 0.538. The predicted molar refractivity (Wildman–Crippen MR) is 67.2 cm³/mol. The van der Waals surface area contributed by atoms with Gasteiger partial charge in [0.2, 0.25) is 11.8 Å². The van der Waals surface area contributed by atoms with E-state index in [0.717, 1.165) is 5.76 Å². The van der Waals surface area contributed by atoms with E-state index < -0.39 is 0 Å². The van der Waals surface area contributed by atoms with Crippen molar-refractivity contribution < 1.29 is 8.83 Å². The Morgan fingerprint density at radius 2 is 2.11 bits per heavy atom. The number of aromatic nitrogens is 2. The first-order chi connectivity index (χ1) is 8.50. The van der Waals surface area contributed by atoms with E-state index in [9.17, 15) is 0 Å². The van der Waals surface area contributed by atoms with E-state index in [0.29, 0.717) is 24.7 Å². The van der Waals surface area contributed by atoms with Gasteiger partial charge >= 0.3 is 0 Å². The van der Waals surface area contributed by atoms with Gasteiger partial charge in [0.15, 0.2) is 0 Å². The van der Waals surface area contributed by atoms with Crippen LogP contribution in [0, 0.1) is 0 Å². The molecule has 0 aliphatic rings. The van der Waals surface area contributed by atoms with Gasteiger partial charge in [-0.25, -0.2) is 0 Å². The number of furan rings is 1. The first kappa shape index (κ1) is 12.8. The van der Waals surface area contributed by atoms with E-state index in [4.69, 9.17) is 14.6 Å². The molecule has 2 aromatic rings. The molecule has 18 heavy (non-hydrogen) atoms. The van der Waals surface area contributed by atoms with Crippen molar-refractivity contribution in [2.75, 3.05) is 6.54 Å². The minimum absolute atomic E-state index is 0.000231. The van der Waals surface area contributed by atoms with Crippen molar-refractivity contribution in [2.24, 2.45) is 5.73 Å². The lowest BCUT2D eigenvalue weighted by atomic mass is 9.97. The standard InChI is InChI=1S/C13H19N3O2/c1-13(2,3)12-16-15-11(18-12)9(8-14)7-10-5-4-6-17-10/h4-6,9H,7-8,14H2,1-3H3. The molecule has 2 rings (SSSR count). The summed E-state index contributed by atoms with van der Waals surface area (Å²) in [6.07, 6.45) is 2.33. The molecule has 0 fully saturated rings. The second-order valence-corrected chi connectivity index (χ2v) is 5.41. The third-order valence-electron chi connectivity index (χ3n) is 2.74. The summed E-state index contributed by atoms with van der Waals surface area (Å²) in [5, 5.41) is 8.18. The Balaban J connectivity index is 2.15. The first-order valence-electron chi connectivity index (χ1n) is 6.07. The van der Waals surface area contributed by atoms with Gasteiger partial charge in [0.25, 0.3) is 0 Å². The molecule has 0 aliphatic carbocycles. The largest absolute Gasteiger partial charge is 0.469 e. The maximum Gasteiger partial charge on any atom is 0.221 e. The van der Waals surface area contributed by atoms with Crippen LogP contribution in [0.5, 0.6) is 0 Å². The summed E-state index contributed by atoms with van der Waals surface area (Å²) < 4.78 is 11.0. The molecule has 1 unspecified atom stereocenters. The van der Waals surface area contributed by atoms with Crippen molar-refractivity contribution >= 4 is 0 Å². The molecule has 0 aliphatic heterocycles. The van der Waals surface area contributed by atoms with Gasteiger partial charge < -0.3 is 14.6 Å². The summed E-state index contributed by atoms with van der Waals surface area (Å²) in [5.74, 6) is 2.09. The number of hydrogen-bond acceptors (Lipinski definition) is 5. The lowest BCUT2D eigenvalue weighted by Crippen LogP contribution is -2.15.